The van der Waals surface area contributed by atoms with Crippen LogP contribution in [0.2, 0.25) is 0 Å². The average Bonchev–Trinajstić information content (AvgIpc) is 3.31. The van der Waals surface area contributed by atoms with E-state index in [1.54, 1.807) is 0 Å². The van der Waals surface area contributed by atoms with Crippen LogP contribution in [-0.4, -0.2) is 109 Å². The lowest BCUT2D eigenvalue weighted by atomic mass is 9.41. The van der Waals surface area contributed by atoms with Crippen molar-refractivity contribution in [2.75, 3.05) is 6.61 Å². The second-order valence-corrected chi connectivity index (χ2v) is 18.7. The topological polar surface area (TPSA) is 169 Å². The molecule has 10 heteroatoms. The quantitative estimate of drug-likeness (QED) is 0.219. The van der Waals surface area contributed by atoms with Gasteiger partial charge >= 0.3 is 0 Å². The fourth-order valence-corrected chi connectivity index (χ4v) is 13.7. The van der Waals surface area contributed by atoms with E-state index in [1.165, 1.54) is 0 Å². The highest BCUT2D eigenvalue weighted by molar-refractivity contribution is 5.33. The number of ether oxygens (including phenoxy) is 3. The van der Waals surface area contributed by atoms with Crippen LogP contribution < -0.4 is 0 Å². The van der Waals surface area contributed by atoms with E-state index in [-0.39, 0.29) is 51.6 Å². The Morgan fingerprint density at radius 2 is 1.48 bits per heavy atom. The highest BCUT2D eigenvalue weighted by atomic mass is 16.7. The van der Waals surface area contributed by atoms with Gasteiger partial charge in [0.25, 0.3) is 0 Å². The second-order valence-electron chi connectivity index (χ2n) is 18.7. The first-order valence-corrected chi connectivity index (χ1v) is 17.9. The Morgan fingerprint density at radius 1 is 0.783 bits per heavy atom. The van der Waals surface area contributed by atoms with E-state index in [2.05, 4.69) is 34.6 Å². The van der Waals surface area contributed by atoms with Crippen LogP contribution in [0, 0.1) is 44.8 Å². The molecule has 7 N–H and O–H groups in total. The third-order valence-electron chi connectivity index (χ3n) is 15.9. The third-order valence-corrected chi connectivity index (χ3v) is 15.9. The molecule has 0 aromatic carbocycles. The summed E-state index contributed by atoms with van der Waals surface area (Å²) in [5.74, 6) is 0.176. The number of fused-ring (bicyclic) bond motifs is 2. The minimum absolute atomic E-state index is 0.0295. The van der Waals surface area contributed by atoms with E-state index in [9.17, 15) is 35.7 Å². The van der Waals surface area contributed by atoms with Crippen LogP contribution in [0.3, 0.4) is 0 Å². The van der Waals surface area contributed by atoms with Crippen LogP contribution >= 0.6 is 0 Å². The van der Waals surface area contributed by atoms with Crippen molar-refractivity contribution < 1.29 is 50.0 Å². The van der Waals surface area contributed by atoms with Crippen LogP contribution in [0.1, 0.15) is 106 Å². The van der Waals surface area contributed by atoms with Gasteiger partial charge in [-0.25, -0.2) is 0 Å². The lowest BCUT2D eigenvalue weighted by Gasteiger charge is -2.64. The van der Waals surface area contributed by atoms with Crippen molar-refractivity contribution in [2.24, 2.45) is 44.8 Å². The molecule has 10 nitrogen and oxygen atoms in total. The molecule has 7 aliphatic rings. The molecule has 5 saturated carbocycles. The van der Waals surface area contributed by atoms with Gasteiger partial charge < -0.3 is 50.0 Å². The molecular weight excluding hydrogens is 592 g/mol. The largest absolute Gasteiger partial charge is 0.394 e. The molecule has 17 atom stereocenters. The number of hydrogen-bond acceptors (Lipinski definition) is 10. The van der Waals surface area contributed by atoms with Gasteiger partial charge in [-0.15, -0.1) is 0 Å². The van der Waals surface area contributed by atoms with Crippen molar-refractivity contribution in [2.45, 2.75) is 173 Å². The van der Waals surface area contributed by atoms with E-state index in [1.807, 2.05) is 13.8 Å². The van der Waals surface area contributed by atoms with E-state index in [0.717, 1.165) is 38.5 Å². The van der Waals surface area contributed by atoms with Crippen LogP contribution in [0.5, 0.6) is 0 Å². The Morgan fingerprint density at radius 3 is 2.11 bits per heavy atom. The Balaban J connectivity index is 1.15. The van der Waals surface area contributed by atoms with E-state index in [0.29, 0.717) is 19.3 Å². The fourth-order valence-electron chi connectivity index (χ4n) is 13.7. The zero-order chi connectivity index (χ0) is 33.6. The zero-order valence-corrected chi connectivity index (χ0v) is 28.9. The summed E-state index contributed by atoms with van der Waals surface area (Å²) in [4.78, 5) is 0. The standard InChI is InChI=1S/C36H60O10/c1-30(2)22(45-29-26(42)25(41)24(40)20(16-37)44-29)9-11-36-17-35(36)13-12-32(5)28(34(7)10-8-23(46-34)31(3,4)43)19(39)15-33(32,6)21(35)14-18(38)27(30)36/h18-29,37-43H,8-17H2,1-7H3/t18-,19-,20+,21-,22-,23+,24+,25-,26+,27+,28-,29-,32+,33-,34-,35-,36+/m0/s1. The van der Waals surface area contributed by atoms with E-state index < -0.39 is 66.1 Å². The van der Waals surface area contributed by atoms with Crippen molar-refractivity contribution in [3.05, 3.63) is 0 Å². The highest BCUT2D eigenvalue weighted by Crippen LogP contribution is 2.89. The SMILES string of the molecule is CC(C)(O)[C@H]1CC[C@@](C)([C@H]2[C@@H](O)C[C@@]3(C)[C@@H]4C[C@H](O)[C@@H]5C(C)(C)[C@@H](O[C@@H]6O[C@H](CO)[C@@H](O)[C@H](O)[C@H]6O)CC[C@@]56C[C@@]46CC[C@]23C)O1. The molecule has 0 radical (unpaired) electrons. The first-order chi connectivity index (χ1) is 21.2. The molecule has 46 heavy (non-hydrogen) atoms. The Kier molecular flexibility index (Phi) is 7.65. The summed E-state index contributed by atoms with van der Waals surface area (Å²) in [5, 5.41) is 75.9. The summed E-state index contributed by atoms with van der Waals surface area (Å²) < 4.78 is 18.8. The molecule has 0 unspecified atom stereocenters. The van der Waals surface area contributed by atoms with Gasteiger partial charge in [0.2, 0.25) is 0 Å². The first kappa shape index (κ1) is 34.1. The van der Waals surface area contributed by atoms with E-state index in [4.69, 9.17) is 14.2 Å². The average molecular weight is 653 g/mol. The van der Waals surface area contributed by atoms with Crippen molar-refractivity contribution in [1.82, 2.24) is 0 Å². The van der Waals surface area contributed by atoms with Crippen LogP contribution in [0.15, 0.2) is 0 Å². The summed E-state index contributed by atoms with van der Waals surface area (Å²) in [6.45, 7) is 14.3. The maximum Gasteiger partial charge on any atom is 0.186 e. The highest BCUT2D eigenvalue weighted by Gasteiger charge is 2.85. The monoisotopic (exact) mass is 652 g/mol. The second kappa shape index (κ2) is 10.3. The molecule has 5 aliphatic carbocycles. The molecule has 0 bridgehead atoms. The molecule has 0 aromatic rings. The Hall–Kier alpha value is -0.400. The van der Waals surface area contributed by atoms with Gasteiger partial charge in [-0.2, -0.15) is 0 Å². The maximum absolute atomic E-state index is 12.2. The van der Waals surface area contributed by atoms with Crippen LogP contribution in [-0.2, 0) is 14.2 Å². The fraction of sp³-hybridized carbons (Fsp3) is 1.00. The zero-order valence-electron chi connectivity index (χ0n) is 28.9. The van der Waals surface area contributed by atoms with Gasteiger partial charge in [0.15, 0.2) is 6.29 Å². The molecule has 264 valence electrons. The minimum atomic E-state index is -1.50. The third kappa shape index (κ3) is 4.24. The molecule has 2 aliphatic heterocycles. The predicted molar refractivity (Wildman–Crippen MR) is 167 cm³/mol. The summed E-state index contributed by atoms with van der Waals surface area (Å²) in [6, 6.07) is 0. The number of hydrogen-bond donors (Lipinski definition) is 7. The first-order valence-electron chi connectivity index (χ1n) is 17.9. The lowest BCUT2D eigenvalue weighted by Crippen LogP contribution is -2.64. The normalized spacial score (nSPS) is 59.3. The number of aliphatic hydroxyl groups is 7. The van der Waals surface area contributed by atoms with Gasteiger partial charge in [-0.1, -0.05) is 27.7 Å². The molecule has 7 fully saturated rings. The van der Waals surface area contributed by atoms with Crippen molar-refractivity contribution in [3.8, 4) is 0 Å². The maximum atomic E-state index is 12.2. The van der Waals surface area contributed by atoms with Gasteiger partial charge in [0.05, 0.1) is 42.2 Å². The number of rotatable bonds is 5. The molecule has 7 rings (SSSR count). The smallest absolute Gasteiger partial charge is 0.186 e. The minimum Gasteiger partial charge on any atom is -0.394 e. The number of aliphatic hydroxyl groups excluding tert-OH is 6. The van der Waals surface area contributed by atoms with Crippen LogP contribution in [0.4, 0.5) is 0 Å². The summed E-state index contributed by atoms with van der Waals surface area (Å²) in [7, 11) is 0. The van der Waals surface area contributed by atoms with E-state index >= 15 is 0 Å². The van der Waals surface area contributed by atoms with Gasteiger partial charge in [-0.05, 0) is 117 Å². The molecular formula is C36H60O10. The molecule has 2 saturated heterocycles. The Bertz CT molecular complexity index is 1200. The Labute approximate surface area is 273 Å². The lowest BCUT2D eigenvalue weighted by molar-refractivity contribution is -0.329. The van der Waals surface area contributed by atoms with Crippen molar-refractivity contribution in [3.63, 3.8) is 0 Å². The molecule has 2 heterocycles. The molecule has 0 amide bonds. The summed E-state index contributed by atoms with van der Waals surface area (Å²) >= 11 is 0. The molecule has 0 aromatic heterocycles. The van der Waals surface area contributed by atoms with Crippen molar-refractivity contribution in [1.29, 1.82) is 0 Å². The van der Waals surface area contributed by atoms with Crippen LogP contribution in [0.25, 0.3) is 0 Å². The van der Waals surface area contributed by atoms with Gasteiger partial charge in [-0.3, -0.25) is 0 Å². The summed E-state index contributed by atoms with van der Waals surface area (Å²) in [6.07, 6.45) is -0.708. The summed E-state index contributed by atoms with van der Waals surface area (Å²) in [5.41, 5.74) is -2.26. The van der Waals surface area contributed by atoms with Gasteiger partial charge in [0.1, 0.15) is 24.4 Å². The predicted octanol–water partition coefficient (Wildman–Crippen LogP) is 2.26. The van der Waals surface area contributed by atoms with Crippen molar-refractivity contribution >= 4 is 0 Å². The molecule has 2 spiro atoms. The van der Waals surface area contributed by atoms with Gasteiger partial charge in [0, 0.05) is 5.92 Å².